The van der Waals surface area contributed by atoms with Gasteiger partial charge in [-0.3, -0.25) is 14.2 Å². The fourth-order valence-corrected chi connectivity index (χ4v) is 4.25. The zero-order valence-corrected chi connectivity index (χ0v) is 15.9. The number of benzene rings is 2. The van der Waals surface area contributed by atoms with E-state index in [1.807, 2.05) is 47.4 Å². The summed E-state index contributed by atoms with van der Waals surface area (Å²) in [7, 11) is 0. The van der Waals surface area contributed by atoms with E-state index in [9.17, 15) is 9.59 Å². The Hall–Kier alpha value is -3.35. The summed E-state index contributed by atoms with van der Waals surface area (Å²) in [5, 5.41) is 0. The van der Waals surface area contributed by atoms with E-state index in [0.29, 0.717) is 30.8 Å². The van der Waals surface area contributed by atoms with Crippen molar-refractivity contribution in [3.8, 4) is 11.5 Å². The molecule has 2 aromatic carbocycles. The Kier molecular flexibility index (Phi) is 4.42. The molecule has 5 rings (SSSR count). The molecule has 3 heterocycles. The van der Waals surface area contributed by atoms with E-state index in [1.165, 1.54) is 10.8 Å². The third-order valence-corrected chi connectivity index (χ3v) is 5.57. The van der Waals surface area contributed by atoms with Gasteiger partial charge < -0.3 is 14.4 Å². The number of hydrogen-bond acceptors (Lipinski definition) is 5. The minimum absolute atomic E-state index is 0.00918. The van der Waals surface area contributed by atoms with Crippen molar-refractivity contribution in [3.63, 3.8) is 0 Å². The molecule has 1 atom stereocenters. The van der Waals surface area contributed by atoms with Gasteiger partial charge in [-0.2, -0.15) is 0 Å². The molecular weight excluding hydrogens is 370 g/mol. The van der Waals surface area contributed by atoms with Crippen molar-refractivity contribution in [1.29, 1.82) is 0 Å². The van der Waals surface area contributed by atoms with Crippen LogP contribution in [0.3, 0.4) is 0 Å². The van der Waals surface area contributed by atoms with Gasteiger partial charge in [0.05, 0.1) is 23.3 Å². The Balaban J connectivity index is 1.47. The van der Waals surface area contributed by atoms with Crippen LogP contribution in [0, 0.1) is 0 Å². The summed E-state index contributed by atoms with van der Waals surface area (Å²) in [6.07, 6.45) is 3.04. The lowest BCUT2D eigenvalue weighted by atomic mass is 10.0. The van der Waals surface area contributed by atoms with Gasteiger partial charge in [-0.25, -0.2) is 4.98 Å². The van der Waals surface area contributed by atoms with E-state index in [2.05, 4.69) is 4.98 Å². The number of amides is 1. The highest BCUT2D eigenvalue weighted by molar-refractivity contribution is 5.80. The molecule has 1 aromatic heterocycles. The van der Waals surface area contributed by atoms with Gasteiger partial charge >= 0.3 is 0 Å². The zero-order valence-electron chi connectivity index (χ0n) is 15.9. The van der Waals surface area contributed by atoms with Crippen molar-refractivity contribution in [2.45, 2.75) is 25.4 Å². The molecule has 0 aliphatic carbocycles. The highest BCUT2D eigenvalue weighted by Crippen LogP contribution is 2.42. The SMILES string of the molecule is O=C(Cn1c(=O)cnc2ccccc21)N1CCCC1c1cccc2c1OCCO2. The lowest BCUT2D eigenvalue weighted by molar-refractivity contribution is -0.132. The molecule has 148 valence electrons. The van der Waals surface area contributed by atoms with Crippen molar-refractivity contribution < 1.29 is 14.3 Å². The molecular formula is C22H21N3O4. The van der Waals surface area contributed by atoms with Crippen LogP contribution in [0.2, 0.25) is 0 Å². The van der Waals surface area contributed by atoms with E-state index in [0.717, 1.165) is 29.9 Å². The predicted molar refractivity (Wildman–Crippen MR) is 107 cm³/mol. The smallest absolute Gasteiger partial charge is 0.269 e. The minimum Gasteiger partial charge on any atom is -0.486 e. The molecule has 0 radical (unpaired) electrons. The van der Waals surface area contributed by atoms with Crippen molar-refractivity contribution >= 4 is 16.9 Å². The Labute approximate surface area is 167 Å². The Bertz CT molecular complexity index is 1140. The van der Waals surface area contributed by atoms with E-state index >= 15 is 0 Å². The Morgan fingerprint density at radius 1 is 1.10 bits per heavy atom. The number of likely N-dealkylation sites (tertiary alicyclic amines) is 1. The topological polar surface area (TPSA) is 73.7 Å². The molecule has 1 amide bonds. The quantitative estimate of drug-likeness (QED) is 0.686. The number of hydrogen-bond donors (Lipinski definition) is 0. The Morgan fingerprint density at radius 2 is 1.97 bits per heavy atom. The maximum absolute atomic E-state index is 13.2. The highest BCUT2D eigenvalue weighted by atomic mass is 16.6. The average Bonchev–Trinajstić information content (AvgIpc) is 3.25. The summed E-state index contributed by atoms with van der Waals surface area (Å²) >= 11 is 0. The van der Waals surface area contributed by atoms with E-state index in [-0.39, 0.29) is 24.1 Å². The van der Waals surface area contributed by atoms with Crippen LogP contribution >= 0.6 is 0 Å². The summed E-state index contributed by atoms with van der Waals surface area (Å²) in [4.78, 5) is 31.7. The van der Waals surface area contributed by atoms with Gasteiger partial charge in [0.2, 0.25) is 5.91 Å². The third kappa shape index (κ3) is 3.12. The van der Waals surface area contributed by atoms with Crippen LogP contribution in [-0.2, 0) is 11.3 Å². The van der Waals surface area contributed by atoms with Crippen LogP contribution in [0.4, 0.5) is 0 Å². The van der Waals surface area contributed by atoms with Crippen LogP contribution in [0.25, 0.3) is 11.0 Å². The maximum atomic E-state index is 13.2. The molecule has 0 saturated carbocycles. The molecule has 29 heavy (non-hydrogen) atoms. The van der Waals surface area contributed by atoms with Crippen LogP contribution in [-0.4, -0.2) is 40.1 Å². The number of para-hydroxylation sites is 3. The Morgan fingerprint density at radius 3 is 2.90 bits per heavy atom. The fraction of sp³-hybridized carbons (Fsp3) is 0.318. The number of nitrogens with zero attached hydrogens (tertiary/aromatic N) is 3. The average molecular weight is 391 g/mol. The lowest BCUT2D eigenvalue weighted by Gasteiger charge is -2.29. The van der Waals surface area contributed by atoms with Gasteiger partial charge in [0, 0.05) is 12.1 Å². The molecule has 1 saturated heterocycles. The van der Waals surface area contributed by atoms with Gasteiger partial charge in [-0.05, 0) is 31.0 Å². The molecule has 1 fully saturated rings. The van der Waals surface area contributed by atoms with Gasteiger partial charge in [-0.15, -0.1) is 0 Å². The zero-order chi connectivity index (χ0) is 19.8. The standard InChI is InChI=1S/C22H21N3O4/c26-20-13-23-16-6-1-2-7-18(16)25(20)14-21(27)24-10-4-8-17(24)15-5-3-9-19-22(15)29-12-11-28-19/h1-3,5-7,9,13,17H,4,8,10-12,14H2. The largest absolute Gasteiger partial charge is 0.486 e. The van der Waals surface area contributed by atoms with Crippen LogP contribution in [0.1, 0.15) is 24.4 Å². The first kappa shape index (κ1) is 17.7. The van der Waals surface area contributed by atoms with Gasteiger partial charge in [0.1, 0.15) is 19.8 Å². The second-order valence-electron chi connectivity index (χ2n) is 7.29. The molecule has 1 unspecified atom stereocenters. The molecule has 7 heteroatoms. The molecule has 2 aliphatic heterocycles. The van der Waals surface area contributed by atoms with Crippen LogP contribution in [0.5, 0.6) is 11.5 Å². The van der Waals surface area contributed by atoms with Crippen LogP contribution in [0.15, 0.2) is 53.5 Å². The third-order valence-electron chi connectivity index (χ3n) is 5.57. The first-order valence-corrected chi connectivity index (χ1v) is 9.85. The monoisotopic (exact) mass is 391 g/mol. The number of aromatic nitrogens is 2. The van der Waals surface area contributed by atoms with E-state index in [1.54, 1.807) is 0 Å². The number of rotatable bonds is 3. The second kappa shape index (κ2) is 7.24. The second-order valence-corrected chi connectivity index (χ2v) is 7.29. The first-order chi connectivity index (χ1) is 14.2. The molecule has 0 spiro atoms. The van der Waals surface area contributed by atoms with Crippen molar-refractivity contribution in [2.24, 2.45) is 0 Å². The number of carbonyl (C=O) groups is 1. The van der Waals surface area contributed by atoms with Gasteiger partial charge in [0.15, 0.2) is 11.5 Å². The van der Waals surface area contributed by atoms with E-state index in [4.69, 9.17) is 9.47 Å². The lowest BCUT2D eigenvalue weighted by Crippen LogP contribution is -2.36. The van der Waals surface area contributed by atoms with Gasteiger partial charge in [-0.1, -0.05) is 24.3 Å². The van der Waals surface area contributed by atoms with E-state index < -0.39 is 0 Å². The summed E-state index contributed by atoms with van der Waals surface area (Å²) < 4.78 is 13.1. The maximum Gasteiger partial charge on any atom is 0.269 e. The molecule has 0 bridgehead atoms. The van der Waals surface area contributed by atoms with Crippen LogP contribution < -0.4 is 15.0 Å². The number of carbonyl (C=O) groups excluding carboxylic acids is 1. The normalized spacial score (nSPS) is 18.2. The molecule has 3 aromatic rings. The first-order valence-electron chi connectivity index (χ1n) is 9.85. The van der Waals surface area contributed by atoms with Crippen molar-refractivity contribution in [2.75, 3.05) is 19.8 Å². The molecule has 2 aliphatic rings. The van der Waals surface area contributed by atoms with Gasteiger partial charge in [0.25, 0.3) is 5.56 Å². The molecule has 0 N–H and O–H groups in total. The number of fused-ring (bicyclic) bond motifs is 2. The van der Waals surface area contributed by atoms with Crippen molar-refractivity contribution in [1.82, 2.24) is 14.5 Å². The minimum atomic E-state index is -0.276. The summed E-state index contributed by atoms with van der Waals surface area (Å²) in [5.41, 5.74) is 2.06. The number of ether oxygens (including phenoxy) is 2. The fourth-order valence-electron chi connectivity index (χ4n) is 4.25. The van der Waals surface area contributed by atoms with Crippen molar-refractivity contribution in [3.05, 3.63) is 64.6 Å². The molecule has 7 nitrogen and oxygen atoms in total. The summed E-state index contributed by atoms with van der Waals surface area (Å²) in [6, 6.07) is 13.1. The highest BCUT2D eigenvalue weighted by Gasteiger charge is 2.33. The summed E-state index contributed by atoms with van der Waals surface area (Å²) in [5.74, 6) is 1.37. The summed E-state index contributed by atoms with van der Waals surface area (Å²) in [6.45, 7) is 1.68. The predicted octanol–water partition coefficient (Wildman–Crippen LogP) is 2.53.